The summed E-state index contributed by atoms with van der Waals surface area (Å²) in [6, 6.07) is 2.82. The highest BCUT2D eigenvalue weighted by molar-refractivity contribution is 5.86. The summed E-state index contributed by atoms with van der Waals surface area (Å²) < 4.78 is 4.99. The summed E-state index contributed by atoms with van der Waals surface area (Å²) in [5.74, 6) is -1.26. The fourth-order valence-corrected chi connectivity index (χ4v) is 1.87. The number of aromatic carboxylic acids is 1. The Morgan fingerprint density at radius 1 is 1.42 bits per heavy atom. The monoisotopic (exact) mass is 266 g/mol. The van der Waals surface area contributed by atoms with E-state index in [2.05, 4.69) is 5.32 Å². The van der Waals surface area contributed by atoms with E-state index >= 15 is 0 Å². The summed E-state index contributed by atoms with van der Waals surface area (Å²) in [5, 5.41) is 11.2. The molecule has 7 nitrogen and oxygen atoms in total. The Bertz CT molecular complexity index is 508. The zero-order valence-corrected chi connectivity index (χ0v) is 10.2. The first-order valence-electron chi connectivity index (χ1n) is 5.93. The average Bonchev–Trinajstić information content (AvgIpc) is 2.97. The lowest BCUT2D eigenvalue weighted by atomic mass is 10.4. The van der Waals surface area contributed by atoms with E-state index in [1.807, 2.05) is 0 Å². The third-order valence-electron chi connectivity index (χ3n) is 2.84. The highest BCUT2D eigenvalue weighted by atomic mass is 16.4. The van der Waals surface area contributed by atoms with Crippen LogP contribution in [0.5, 0.6) is 0 Å². The van der Waals surface area contributed by atoms with Gasteiger partial charge < -0.3 is 19.7 Å². The van der Waals surface area contributed by atoms with Crippen molar-refractivity contribution in [1.82, 2.24) is 10.2 Å². The van der Waals surface area contributed by atoms with Crippen LogP contribution in [0.3, 0.4) is 0 Å². The van der Waals surface area contributed by atoms with E-state index in [-0.39, 0.29) is 30.7 Å². The highest BCUT2D eigenvalue weighted by Gasteiger charge is 2.22. The van der Waals surface area contributed by atoms with Crippen LogP contribution in [0, 0.1) is 0 Å². The minimum atomic E-state index is -1.15. The Kier molecular flexibility index (Phi) is 3.84. The number of hydrogen-bond donors (Lipinski definition) is 2. The average molecular weight is 266 g/mol. The molecule has 0 bridgehead atoms. The van der Waals surface area contributed by atoms with E-state index in [1.165, 1.54) is 17.0 Å². The number of carboxylic acids is 1. The Morgan fingerprint density at radius 3 is 2.79 bits per heavy atom. The molecular formula is C12H14N2O5. The van der Waals surface area contributed by atoms with Crippen LogP contribution in [0.1, 0.15) is 29.2 Å². The molecular weight excluding hydrogens is 252 g/mol. The maximum Gasteiger partial charge on any atom is 0.371 e. The van der Waals surface area contributed by atoms with Gasteiger partial charge in [-0.1, -0.05) is 0 Å². The van der Waals surface area contributed by atoms with Crippen molar-refractivity contribution in [3.8, 4) is 0 Å². The molecule has 0 spiro atoms. The number of carbonyl (C=O) groups excluding carboxylic acids is 2. The van der Waals surface area contributed by atoms with Crippen molar-refractivity contribution >= 4 is 17.8 Å². The second-order valence-corrected chi connectivity index (χ2v) is 4.27. The summed E-state index contributed by atoms with van der Waals surface area (Å²) in [6.45, 7) is 0.746. The van der Waals surface area contributed by atoms with Gasteiger partial charge in [0.15, 0.2) is 0 Å². The SMILES string of the molecule is O=C(CN1CCCC1=O)NCc1ccc(C(=O)O)o1. The molecule has 0 atom stereocenters. The molecule has 19 heavy (non-hydrogen) atoms. The molecule has 0 saturated carbocycles. The summed E-state index contributed by atoms with van der Waals surface area (Å²) in [4.78, 5) is 35.0. The number of nitrogens with zero attached hydrogens (tertiary/aromatic N) is 1. The van der Waals surface area contributed by atoms with Crippen molar-refractivity contribution in [3.63, 3.8) is 0 Å². The van der Waals surface area contributed by atoms with Crippen molar-refractivity contribution in [2.45, 2.75) is 19.4 Å². The topological polar surface area (TPSA) is 99.9 Å². The van der Waals surface area contributed by atoms with Crippen LogP contribution in [0.2, 0.25) is 0 Å². The van der Waals surface area contributed by atoms with E-state index in [0.717, 1.165) is 6.42 Å². The summed E-state index contributed by atoms with van der Waals surface area (Å²) >= 11 is 0. The van der Waals surface area contributed by atoms with E-state index in [9.17, 15) is 14.4 Å². The van der Waals surface area contributed by atoms with Crippen molar-refractivity contribution in [2.24, 2.45) is 0 Å². The maximum atomic E-state index is 11.6. The molecule has 2 N–H and O–H groups in total. The quantitative estimate of drug-likeness (QED) is 0.794. The van der Waals surface area contributed by atoms with Gasteiger partial charge in [0.25, 0.3) is 0 Å². The standard InChI is InChI=1S/C12H14N2O5/c15-10(7-14-5-1-2-11(14)16)13-6-8-3-4-9(19-8)12(17)18/h3-4H,1-2,5-7H2,(H,13,15)(H,17,18). The van der Waals surface area contributed by atoms with Crippen molar-refractivity contribution < 1.29 is 23.9 Å². The van der Waals surface area contributed by atoms with E-state index in [0.29, 0.717) is 18.7 Å². The van der Waals surface area contributed by atoms with Gasteiger partial charge in [0.2, 0.25) is 17.6 Å². The molecule has 1 aliphatic rings. The normalized spacial score (nSPS) is 14.7. The molecule has 1 fully saturated rings. The first-order chi connectivity index (χ1) is 9.06. The minimum Gasteiger partial charge on any atom is -0.475 e. The Hall–Kier alpha value is -2.31. The number of nitrogens with one attached hydrogen (secondary N) is 1. The first kappa shape index (κ1) is 13.1. The van der Waals surface area contributed by atoms with E-state index in [1.54, 1.807) is 0 Å². The molecule has 2 heterocycles. The molecule has 0 radical (unpaired) electrons. The van der Waals surface area contributed by atoms with Crippen molar-refractivity contribution in [1.29, 1.82) is 0 Å². The van der Waals surface area contributed by atoms with Crippen LogP contribution in [0.15, 0.2) is 16.5 Å². The lowest BCUT2D eigenvalue weighted by Crippen LogP contribution is -2.37. The van der Waals surface area contributed by atoms with Crippen LogP contribution >= 0.6 is 0 Å². The maximum absolute atomic E-state index is 11.6. The molecule has 2 rings (SSSR count). The number of carbonyl (C=O) groups is 3. The Labute approximate surface area is 109 Å². The fraction of sp³-hybridized carbons (Fsp3) is 0.417. The van der Waals surface area contributed by atoms with Crippen LogP contribution in [0.4, 0.5) is 0 Å². The van der Waals surface area contributed by atoms with Gasteiger partial charge in [-0.25, -0.2) is 4.79 Å². The van der Waals surface area contributed by atoms with Gasteiger partial charge in [0.1, 0.15) is 5.76 Å². The van der Waals surface area contributed by atoms with E-state index < -0.39 is 5.97 Å². The van der Waals surface area contributed by atoms with Gasteiger partial charge in [-0.2, -0.15) is 0 Å². The van der Waals surface area contributed by atoms with Crippen molar-refractivity contribution in [3.05, 3.63) is 23.7 Å². The number of carboxylic acid groups (broad SMARTS) is 1. The van der Waals surface area contributed by atoms with Crippen molar-refractivity contribution in [2.75, 3.05) is 13.1 Å². The second kappa shape index (κ2) is 5.55. The zero-order valence-electron chi connectivity index (χ0n) is 10.2. The number of hydrogen-bond acceptors (Lipinski definition) is 4. The van der Waals surface area contributed by atoms with Gasteiger partial charge in [-0.3, -0.25) is 9.59 Å². The lowest BCUT2D eigenvalue weighted by molar-refractivity contribution is -0.133. The van der Waals surface area contributed by atoms with Crippen LogP contribution in [-0.4, -0.2) is 40.9 Å². The zero-order chi connectivity index (χ0) is 13.8. The highest BCUT2D eigenvalue weighted by Crippen LogP contribution is 2.09. The predicted molar refractivity (Wildman–Crippen MR) is 63.3 cm³/mol. The Balaban J connectivity index is 1.79. The van der Waals surface area contributed by atoms with Gasteiger partial charge in [-0.05, 0) is 18.6 Å². The third-order valence-corrected chi connectivity index (χ3v) is 2.84. The number of likely N-dealkylation sites (tertiary alicyclic amines) is 1. The molecule has 1 aromatic heterocycles. The second-order valence-electron chi connectivity index (χ2n) is 4.27. The molecule has 0 unspecified atom stereocenters. The smallest absolute Gasteiger partial charge is 0.371 e. The van der Waals surface area contributed by atoms with Crippen LogP contribution in [-0.2, 0) is 16.1 Å². The number of amides is 2. The van der Waals surface area contributed by atoms with Crippen LogP contribution in [0.25, 0.3) is 0 Å². The molecule has 0 aliphatic carbocycles. The minimum absolute atomic E-state index is 0.0127. The summed E-state index contributed by atoms with van der Waals surface area (Å²) in [7, 11) is 0. The predicted octanol–water partition coefficient (Wildman–Crippen LogP) is 0.216. The number of furan rings is 1. The van der Waals surface area contributed by atoms with Crippen LogP contribution < -0.4 is 5.32 Å². The summed E-state index contributed by atoms with van der Waals surface area (Å²) in [5.41, 5.74) is 0. The molecule has 1 aliphatic heterocycles. The van der Waals surface area contributed by atoms with Gasteiger partial charge in [0, 0.05) is 13.0 Å². The number of rotatable bonds is 5. The summed E-state index contributed by atoms with van der Waals surface area (Å²) in [6.07, 6.45) is 1.28. The molecule has 102 valence electrons. The van der Waals surface area contributed by atoms with Gasteiger partial charge in [-0.15, -0.1) is 0 Å². The largest absolute Gasteiger partial charge is 0.475 e. The van der Waals surface area contributed by atoms with Gasteiger partial charge >= 0.3 is 5.97 Å². The molecule has 7 heteroatoms. The molecule has 1 aromatic rings. The molecule has 0 aromatic carbocycles. The molecule has 2 amide bonds. The Morgan fingerprint density at radius 2 is 2.21 bits per heavy atom. The third kappa shape index (κ3) is 3.34. The fourth-order valence-electron chi connectivity index (χ4n) is 1.87. The molecule has 1 saturated heterocycles. The first-order valence-corrected chi connectivity index (χ1v) is 5.93. The lowest BCUT2D eigenvalue weighted by Gasteiger charge is -2.14. The van der Waals surface area contributed by atoms with Gasteiger partial charge in [0.05, 0.1) is 13.1 Å². The van der Waals surface area contributed by atoms with E-state index in [4.69, 9.17) is 9.52 Å².